The van der Waals surface area contributed by atoms with Crippen LogP contribution in [0.2, 0.25) is 0 Å². The van der Waals surface area contributed by atoms with Crippen molar-refractivity contribution in [2.24, 2.45) is 10.2 Å². The Morgan fingerprint density at radius 1 is 0.949 bits per heavy atom. The number of carbonyl (C=O) groups is 2. The summed E-state index contributed by atoms with van der Waals surface area (Å²) < 4.78 is 31.4. The van der Waals surface area contributed by atoms with Gasteiger partial charge in [-0.05, 0) is 64.7 Å². The van der Waals surface area contributed by atoms with E-state index >= 15 is 0 Å². The molecule has 0 bridgehead atoms. The molecule has 0 saturated carbocycles. The molecule has 3 aromatic rings. The van der Waals surface area contributed by atoms with E-state index in [1.807, 2.05) is 0 Å². The van der Waals surface area contributed by atoms with E-state index in [2.05, 4.69) is 20.1 Å². The predicted molar refractivity (Wildman–Crippen MR) is 130 cm³/mol. The summed E-state index contributed by atoms with van der Waals surface area (Å²) in [6, 6.07) is 9.88. The fourth-order valence-electron chi connectivity index (χ4n) is 3.78. The van der Waals surface area contributed by atoms with Gasteiger partial charge in [-0.2, -0.15) is 8.42 Å². The predicted octanol–water partition coefficient (Wildman–Crippen LogP) is 3.65. The Balaban J connectivity index is 1.70. The maximum Gasteiger partial charge on any atom is 0.339 e. The van der Waals surface area contributed by atoms with Gasteiger partial charge in [-0.25, -0.2) is 0 Å². The summed E-state index contributed by atoms with van der Waals surface area (Å²) in [6.45, 7) is 0. The minimum Gasteiger partial charge on any atom is -0.504 e. The highest BCUT2D eigenvalue weighted by Crippen LogP contribution is 2.41. The lowest BCUT2D eigenvalue weighted by molar-refractivity contribution is 0.0741. The normalized spacial score (nSPS) is 16.2. The van der Waals surface area contributed by atoms with E-state index in [0.29, 0.717) is 6.08 Å². The van der Waals surface area contributed by atoms with Crippen molar-refractivity contribution in [3.05, 3.63) is 110 Å². The van der Waals surface area contributed by atoms with Gasteiger partial charge in [0.25, 0.3) is 0 Å². The van der Waals surface area contributed by atoms with Crippen molar-refractivity contribution < 1.29 is 42.6 Å². The van der Waals surface area contributed by atoms with Crippen molar-refractivity contribution in [2.45, 2.75) is 10.6 Å². The van der Waals surface area contributed by atoms with E-state index in [9.17, 15) is 38.4 Å². The molecule has 1 aliphatic rings. The van der Waals surface area contributed by atoms with Crippen LogP contribution in [0.4, 0.5) is 0 Å². The van der Waals surface area contributed by atoms with Crippen LogP contribution >= 0.6 is 0 Å². The molecule has 0 amide bonds. The van der Waals surface area contributed by atoms with Crippen LogP contribution in [0.1, 0.15) is 31.8 Å². The maximum atomic E-state index is 13.1. The topological polar surface area (TPSA) is 256 Å². The molecule has 0 saturated heterocycles. The molecule has 0 aromatic heterocycles. The van der Waals surface area contributed by atoms with E-state index in [1.165, 1.54) is 0 Å². The van der Waals surface area contributed by atoms with Crippen molar-refractivity contribution in [3.8, 4) is 23.0 Å². The molecule has 1 atom stereocenters. The standard InChI is InChI=1S/C23H14N6O9S/c24-28-26-18-10-16(31)19-14(23(18,35)27-29-25)2-1-3-17(19)39(36,37)38-12-6-4-11(5-7-12)20(32)13-8-9-15(30)22(34)21(13)33/h1-10,30,33-35H. The molecule has 1 unspecified atom stereocenters. The number of ketones is 2. The van der Waals surface area contributed by atoms with Crippen LogP contribution in [-0.4, -0.2) is 40.4 Å². The Kier molecular flexibility index (Phi) is 6.62. The number of benzene rings is 3. The Labute approximate surface area is 217 Å². The zero-order valence-electron chi connectivity index (χ0n) is 19.2. The quantitative estimate of drug-likeness (QED) is 0.0834. The van der Waals surface area contributed by atoms with Gasteiger partial charge in [-0.1, -0.05) is 17.2 Å². The third-order valence-corrected chi connectivity index (χ3v) is 6.87. The number of fused-ring (bicyclic) bond motifs is 1. The van der Waals surface area contributed by atoms with E-state index in [1.54, 1.807) is 0 Å². The van der Waals surface area contributed by atoms with E-state index in [0.717, 1.165) is 54.6 Å². The van der Waals surface area contributed by atoms with Crippen LogP contribution in [0.5, 0.6) is 23.0 Å². The van der Waals surface area contributed by atoms with E-state index in [4.69, 9.17) is 15.2 Å². The van der Waals surface area contributed by atoms with E-state index < -0.39 is 66.4 Å². The molecule has 39 heavy (non-hydrogen) atoms. The minimum atomic E-state index is -4.77. The summed E-state index contributed by atoms with van der Waals surface area (Å²) in [6.07, 6.45) is 0.632. The number of phenolic OH excluding ortho intramolecular Hbond substituents is 3. The van der Waals surface area contributed by atoms with Crippen LogP contribution in [0.25, 0.3) is 20.9 Å². The fraction of sp³-hybridized carbons (Fsp3) is 0.0435. The molecule has 0 radical (unpaired) electrons. The van der Waals surface area contributed by atoms with Gasteiger partial charge < -0.3 is 24.6 Å². The molecule has 1 aliphatic carbocycles. The molecular weight excluding hydrogens is 536 g/mol. The summed E-state index contributed by atoms with van der Waals surface area (Å²) in [4.78, 5) is 29.8. The third-order valence-electron chi connectivity index (χ3n) is 5.58. The summed E-state index contributed by atoms with van der Waals surface area (Å²) in [7, 11) is -4.77. The second kappa shape index (κ2) is 9.74. The number of hydrogen-bond donors (Lipinski definition) is 4. The number of azide groups is 2. The SMILES string of the molecule is [N-]=[N+]=NC1=CC(=O)c2c(cccc2S(=O)(=O)Oc2ccc(C(=O)c3ccc(O)c(O)c3O)cc2)C1(O)N=[N+]=[N-]. The monoisotopic (exact) mass is 550 g/mol. The maximum absolute atomic E-state index is 13.1. The van der Waals surface area contributed by atoms with Crippen molar-refractivity contribution >= 4 is 21.7 Å². The van der Waals surface area contributed by atoms with Gasteiger partial charge >= 0.3 is 10.1 Å². The van der Waals surface area contributed by atoms with Gasteiger partial charge in [0, 0.05) is 21.0 Å². The molecule has 0 aliphatic heterocycles. The number of allylic oxidation sites excluding steroid dienone is 1. The molecule has 0 heterocycles. The van der Waals surface area contributed by atoms with Gasteiger partial charge in [0.05, 0.1) is 16.8 Å². The molecule has 0 fully saturated rings. The Hall–Kier alpha value is -5.53. The van der Waals surface area contributed by atoms with Gasteiger partial charge in [-0.3, -0.25) is 9.59 Å². The molecule has 3 aromatic carbocycles. The first-order chi connectivity index (χ1) is 18.4. The lowest BCUT2D eigenvalue weighted by atomic mass is 9.87. The largest absolute Gasteiger partial charge is 0.504 e. The van der Waals surface area contributed by atoms with Crippen LogP contribution in [0.3, 0.4) is 0 Å². The average Bonchev–Trinajstić information content (AvgIpc) is 2.90. The van der Waals surface area contributed by atoms with Gasteiger partial charge in [0.2, 0.25) is 5.75 Å². The molecule has 196 valence electrons. The number of carbonyl (C=O) groups excluding carboxylic acids is 2. The van der Waals surface area contributed by atoms with Gasteiger partial charge in [0.15, 0.2) is 28.8 Å². The van der Waals surface area contributed by atoms with Crippen molar-refractivity contribution in [3.63, 3.8) is 0 Å². The molecule has 15 nitrogen and oxygen atoms in total. The highest BCUT2D eigenvalue weighted by atomic mass is 32.2. The Morgan fingerprint density at radius 3 is 2.28 bits per heavy atom. The second-order valence-corrected chi connectivity index (χ2v) is 9.36. The molecule has 4 N–H and O–H groups in total. The fourth-order valence-corrected chi connectivity index (χ4v) is 4.94. The second-order valence-electron chi connectivity index (χ2n) is 7.84. The highest BCUT2D eigenvalue weighted by Gasteiger charge is 2.42. The first-order valence-electron chi connectivity index (χ1n) is 10.5. The zero-order chi connectivity index (χ0) is 28.5. The minimum absolute atomic E-state index is 0.0393. The van der Waals surface area contributed by atoms with Crippen LogP contribution in [0, 0.1) is 0 Å². The first kappa shape index (κ1) is 26.5. The average molecular weight is 550 g/mol. The van der Waals surface area contributed by atoms with Crippen LogP contribution in [0.15, 0.2) is 81.5 Å². The molecule has 4 rings (SSSR count). The summed E-state index contributed by atoms with van der Waals surface area (Å²) in [5, 5.41) is 46.3. The van der Waals surface area contributed by atoms with E-state index in [-0.39, 0.29) is 16.9 Å². The zero-order valence-corrected chi connectivity index (χ0v) is 20.0. The summed E-state index contributed by atoms with van der Waals surface area (Å²) >= 11 is 0. The van der Waals surface area contributed by atoms with Crippen molar-refractivity contribution in [1.82, 2.24) is 0 Å². The van der Waals surface area contributed by atoms with Crippen LogP contribution < -0.4 is 4.18 Å². The van der Waals surface area contributed by atoms with Crippen molar-refractivity contribution in [1.29, 1.82) is 0 Å². The smallest absolute Gasteiger partial charge is 0.339 e. The summed E-state index contributed by atoms with van der Waals surface area (Å²) in [5.41, 5.74) is 12.9. The Bertz CT molecular complexity index is 1790. The lowest BCUT2D eigenvalue weighted by Crippen LogP contribution is -2.32. The van der Waals surface area contributed by atoms with Gasteiger partial charge in [0.1, 0.15) is 10.6 Å². The molecule has 0 spiro atoms. The number of phenols is 3. The number of aliphatic hydroxyl groups is 1. The van der Waals surface area contributed by atoms with Crippen molar-refractivity contribution in [2.75, 3.05) is 0 Å². The number of hydrogen-bond acceptors (Lipinski definition) is 11. The number of rotatable bonds is 7. The lowest BCUT2D eigenvalue weighted by Gasteiger charge is -2.29. The highest BCUT2D eigenvalue weighted by molar-refractivity contribution is 7.87. The molecular formula is C23H14N6O9S. The molecule has 16 heteroatoms. The summed E-state index contributed by atoms with van der Waals surface area (Å²) in [5.74, 6) is -4.41. The van der Waals surface area contributed by atoms with Gasteiger partial charge in [-0.15, -0.1) is 0 Å². The van der Waals surface area contributed by atoms with Crippen LogP contribution in [-0.2, 0) is 15.8 Å². The third kappa shape index (κ3) is 4.54. The first-order valence-corrected chi connectivity index (χ1v) is 11.9. The number of nitrogens with zero attached hydrogens (tertiary/aromatic N) is 6. The number of aromatic hydroxyl groups is 3. The Morgan fingerprint density at radius 2 is 1.64 bits per heavy atom.